The number of rotatable bonds is 0. The number of ether oxygens (including phenoxy) is 2. The van der Waals surface area contributed by atoms with E-state index in [-0.39, 0.29) is 45.9 Å². The van der Waals surface area contributed by atoms with E-state index in [1.165, 1.54) is 38.5 Å². The van der Waals surface area contributed by atoms with Crippen molar-refractivity contribution in [3.8, 4) is 0 Å². The van der Waals surface area contributed by atoms with Crippen LogP contribution in [0.4, 0.5) is 0 Å². The maximum atomic E-state index is 12.5. The SMILES string of the molecule is CC1CC2OC3(OC2C(C)(C)C)C1C1(C)CCC24CC25CCC(O)C(C)(C)C5CCC4C1(C)C3O. The van der Waals surface area contributed by atoms with Crippen molar-refractivity contribution in [3.05, 3.63) is 0 Å². The molecule has 2 N–H and O–H groups in total. The molecule has 0 aromatic rings. The second-order valence-electron chi connectivity index (χ2n) is 16.6. The Morgan fingerprint density at radius 1 is 0.829 bits per heavy atom. The molecular formula is C31H50O4. The Labute approximate surface area is 212 Å². The monoisotopic (exact) mass is 486 g/mol. The Morgan fingerprint density at radius 2 is 1.49 bits per heavy atom. The van der Waals surface area contributed by atoms with Gasteiger partial charge in [0, 0.05) is 11.3 Å². The molecule has 0 aromatic carbocycles. The molecular weight excluding hydrogens is 436 g/mol. The maximum absolute atomic E-state index is 12.5. The van der Waals surface area contributed by atoms with Crippen LogP contribution in [0.25, 0.3) is 0 Å². The molecule has 7 rings (SSSR count). The second-order valence-corrected chi connectivity index (χ2v) is 16.6. The van der Waals surface area contributed by atoms with Gasteiger partial charge in [0.1, 0.15) is 6.10 Å². The molecule has 0 amide bonds. The second kappa shape index (κ2) is 6.35. The highest BCUT2D eigenvalue weighted by atomic mass is 16.8. The van der Waals surface area contributed by atoms with E-state index in [2.05, 4.69) is 55.4 Å². The lowest BCUT2D eigenvalue weighted by atomic mass is 9.41. The Bertz CT molecular complexity index is 954. The third-order valence-electron chi connectivity index (χ3n) is 14.3. The summed E-state index contributed by atoms with van der Waals surface area (Å²) in [6.45, 7) is 18.8. The van der Waals surface area contributed by atoms with Crippen LogP contribution in [0, 0.1) is 56.2 Å². The number of hydrogen-bond donors (Lipinski definition) is 2. The minimum atomic E-state index is -0.851. The van der Waals surface area contributed by atoms with Gasteiger partial charge in [-0.2, -0.15) is 0 Å². The van der Waals surface area contributed by atoms with Crippen LogP contribution in [0.1, 0.15) is 107 Å². The largest absolute Gasteiger partial charge is 0.393 e. The van der Waals surface area contributed by atoms with Crippen LogP contribution in [-0.2, 0) is 9.47 Å². The minimum Gasteiger partial charge on any atom is -0.393 e. The van der Waals surface area contributed by atoms with E-state index >= 15 is 0 Å². The third-order valence-corrected chi connectivity index (χ3v) is 14.3. The van der Waals surface area contributed by atoms with Crippen molar-refractivity contribution >= 4 is 0 Å². The summed E-state index contributed by atoms with van der Waals surface area (Å²) in [7, 11) is 0. The van der Waals surface area contributed by atoms with Crippen LogP contribution in [-0.4, -0.2) is 40.4 Å². The molecule has 198 valence electrons. The Morgan fingerprint density at radius 3 is 2.17 bits per heavy atom. The zero-order chi connectivity index (χ0) is 25.2. The standard InChI is InChI=1S/C31H50O4/c1-17-15-18-23(25(2,3)4)35-31(34-18)22(17)27(7)13-14-30-16-29(30)12-11-21(32)26(5,6)19(29)9-10-20(30)28(27,8)24(31)33/h17-24,32-33H,9-16H2,1-8H3. The van der Waals surface area contributed by atoms with E-state index in [1.807, 2.05) is 0 Å². The van der Waals surface area contributed by atoms with Gasteiger partial charge in [-0.15, -0.1) is 0 Å². The van der Waals surface area contributed by atoms with Crippen molar-refractivity contribution in [2.45, 2.75) is 137 Å². The van der Waals surface area contributed by atoms with E-state index in [9.17, 15) is 10.2 Å². The average Bonchev–Trinajstić information content (AvgIpc) is 3.28. The van der Waals surface area contributed by atoms with Gasteiger partial charge >= 0.3 is 0 Å². The zero-order valence-corrected chi connectivity index (χ0v) is 23.5. The van der Waals surface area contributed by atoms with Gasteiger partial charge in [-0.3, -0.25) is 0 Å². The van der Waals surface area contributed by atoms with Gasteiger partial charge in [0.05, 0.1) is 18.3 Å². The Hall–Kier alpha value is -0.160. The number of hydrogen-bond acceptors (Lipinski definition) is 4. The summed E-state index contributed by atoms with van der Waals surface area (Å²) >= 11 is 0. The topological polar surface area (TPSA) is 58.9 Å². The molecule has 2 bridgehead atoms. The van der Waals surface area contributed by atoms with Gasteiger partial charge < -0.3 is 19.7 Å². The van der Waals surface area contributed by atoms with Gasteiger partial charge in [-0.25, -0.2) is 0 Å². The van der Waals surface area contributed by atoms with Crippen molar-refractivity contribution in [3.63, 3.8) is 0 Å². The molecule has 13 unspecified atom stereocenters. The van der Waals surface area contributed by atoms with Crippen LogP contribution in [0.3, 0.4) is 0 Å². The van der Waals surface area contributed by atoms with Crippen molar-refractivity contribution < 1.29 is 19.7 Å². The summed E-state index contributed by atoms with van der Waals surface area (Å²) in [5.74, 6) is 1.00. The summed E-state index contributed by atoms with van der Waals surface area (Å²) in [6, 6.07) is 0. The minimum absolute atomic E-state index is 0.00528. The van der Waals surface area contributed by atoms with Crippen LogP contribution < -0.4 is 0 Å². The molecule has 2 heterocycles. The van der Waals surface area contributed by atoms with Crippen LogP contribution >= 0.6 is 0 Å². The van der Waals surface area contributed by atoms with Gasteiger partial charge in [0.15, 0.2) is 5.79 Å². The summed E-state index contributed by atoms with van der Waals surface area (Å²) in [5.41, 5.74) is 0.492. The van der Waals surface area contributed by atoms with Crippen LogP contribution in [0.15, 0.2) is 0 Å². The normalized spacial score (nSPS) is 63.9. The lowest BCUT2D eigenvalue weighted by Gasteiger charge is -2.63. The Kier molecular flexibility index (Phi) is 4.34. The molecule has 3 spiro atoms. The van der Waals surface area contributed by atoms with E-state index in [0.29, 0.717) is 28.6 Å². The van der Waals surface area contributed by atoms with Gasteiger partial charge in [-0.05, 0) is 96.2 Å². The van der Waals surface area contributed by atoms with Crippen molar-refractivity contribution in [2.75, 3.05) is 0 Å². The molecule has 7 fully saturated rings. The third kappa shape index (κ3) is 2.31. The van der Waals surface area contributed by atoms with Crippen LogP contribution in [0.5, 0.6) is 0 Å². The average molecular weight is 487 g/mol. The van der Waals surface area contributed by atoms with E-state index < -0.39 is 11.9 Å². The first kappa shape index (κ1) is 23.9. The number of aliphatic hydroxyl groups is 2. The summed E-state index contributed by atoms with van der Waals surface area (Å²) in [5, 5.41) is 23.5. The first-order valence-corrected chi connectivity index (χ1v) is 14.8. The zero-order valence-electron chi connectivity index (χ0n) is 23.5. The lowest BCUT2D eigenvalue weighted by Crippen LogP contribution is -2.60. The highest BCUT2D eigenvalue weighted by Crippen LogP contribution is 2.90. The smallest absolute Gasteiger partial charge is 0.199 e. The van der Waals surface area contributed by atoms with E-state index in [0.717, 1.165) is 12.8 Å². The molecule has 4 nitrogen and oxygen atoms in total. The molecule has 5 aliphatic carbocycles. The fraction of sp³-hybridized carbons (Fsp3) is 1.00. The summed E-state index contributed by atoms with van der Waals surface area (Å²) < 4.78 is 14.0. The van der Waals surface area contributed by atoms with Crippen molar-refractivity contribution in [1.29, 1.82) is 0 Å². The molecule has 0 radical (unpaired) electrons. The van der Waals surface area contributed by atoms with Crippen LogP contribution in [0.2, 0.25) is 0 Å². The summed E-state index contributed by atoms with van der Waals surface area (Å²) in [4.78, 5) is 0. The van der Waals surface area contributed by atoms with E-state index in [1.54, 1.807) is 0 Å². The molecule has 35 heavy (non-hydrogen) atoms. The first-order chi connectivity index (χ1) is 16.1. The van der Waals surface area contributed by atoms with Crippen molar-refractivity contribution in [1.82, 2.24) is 0 Å². The predicted molar refractivity (Wildman–Crippen MR) is 135 cm³/mol. The molecule has 5 saturated carbocycles. The molecule has 7 aliphatic rings. The summed E-state index contributed by atoms with van der Waals surface area (Å²) in [6.07, 6.45) is 8.65. The maximum Gasteiger partial charge on any atom is 0.199 e. The first-order valence-electron chi connectivity index (χ1n) is 14.8. The van der Waals surface area contributed by atoms with Gasteiger partial charge in [0.25, 0.3) is 0 Å². The van der Waals surface area contributed by atoms with Crippen molar-refractivity contribution in [2.24, 2.45) is 56.2 Å². The number of fused-ring (bicyclic) bond motifs is 4. The fourth-order valence-corrected chi connectivity index (χ4v) is 12.8. The lowest BCUT2D eigenvalue weighted by molar-refractivity contribution is -0.280. The molecule has 4 heteroatoms. The fourth-order valence-electron chi connectivity index (χ4n) is 12.8. The Balaban J connectivity index is 1.33. The van der Waals surface area contributed by atoms with Gasteiger partial charge in [-0.1, -0.05) is 55.4 Å². The molecule has 13 atom stereocenters. The highest BCUT2D eigenvalue weighted by Gasteiger charge is 2.88. The quantitative estimate of drug-likeness (QED) is 0.445. The van der Waals surface area contributed by atoms with Gasteiger partial charge in [0.2, 0.25) is 0 Å². The molecule has 0 aromatic heterocycles. The van der Waals surface area contributed by atoms with E-state index in [4.69, 9.17) is 9.47 Å². The molecule has 2 aliphatic heterocycles. The predicted octanol–water partition coefficient (Wildman–Crippen LogP) is 5.93. The highest BCUT2D eigenvalue weighted by molar-refractivity contribution is 5.34. The molecule has 2 saturated heterocycles. The number of aliphatic hydroxyl groups excluding tert-OH is 2.